The fraction of sp³-hybridized carbons (Fsp3) is 0.562. The number of primary sulfonamides is 1. The number of hydrogen-bond acceptors (Lipinski definition) is 4. The second-order valence-corrected chi connectivity index (χ2v) is 8.15. The van der Waals surface area contributed by atoms with Crippen molar-refractivity contribution in [2.75, 3.05) is 20.7 Å². The summed E-state index contributed by atoms with van der Waals surface area (Å²) in [6.07, 6.45) is 0.0294. The van der Waals surface area contributed by atoms with E-state index in [-0.39, 0.29) is 16.4 Å². The van der Waals surface area contributed by atoms with Crippen LogP contribution in [0.15, 0.2) is 34.2 Å². The van der Waals surface area contributed by atoms with E-state index in [1.807, 2.05) is 6.07 Å². The van der Waals surface area contributed by atoms with Crippen LogP contribution in [0.4, 0.5) is 0 Å². The number of rotatable bonds is 6. The summed E-state index contributed by atoms with van der Waals surface area (Å²) < 4.78 is 28.3. The lowest BCUT2D eigenvalue weighted by Gasteiger charge is -2.30. The van der Waals surface area contributed by atoms with Crippen molar-refractivity contribution in [3.63, 3.8) is 0 Å². The smallest absolute Gasteiger partial charge is 0.238 e. The van der Waals surface area contributed by atoms with Gasteiger partial charge < -0.3 is 15.4 Å². The molecule has 136 valence electrons. The van der Waals surface area contributed by atoms with Crippen molar-refractivity contribution in [2.45, 2.75) is 38.3 Å². The first-order valence-electron chi connectivity index (χ1n) is 7.67. The first-order valence-corrected chi connectivity index (χ1v) is 9.21. The first kappa shape index (κ1) is 20.4. The molecule has 0 aliphatic rings. The SMILES string of the molecule is CN=C(NCc1cccc(S(N)(=O)=O)c1)NCC(OC)C(C)(C)C. The molecule has 0 aromatic heterocycles. The second-order valence-electron chi connectivity index (χ2n) is 6.59. The van der Waals surface area contributed by atoms with E-state index < -0.39 is 10.0 Å². The molecule has 24 heavy (non-hydrogen) atoms. The van der Waals surface area contributed by atoms with Crippen molar-refractivity contribution in [3.05, 3.63) is 29.8 Å². The van der Waals surface area contributed by atoms with E-state index in [0.717, 1.165) is 5.56 Å². The van der Waals surface area contributed by atoms with Crippen LogP contribution in [0, 0.1) is 5.41 Å². The van der Waals surface area contributed by atoms with Crippen LogP contribution in [-0.4, -0.2) is 41.2 Å². The van der Waals surface area contributed by atoms with Gasteiger partial charge in [-0.05, 0) is 23.1 Å². The summed E-state index contributed by atoms with van der Waals surface area (Å²) in [4.78, 5) is 4.25. The highest BCUT2D eigenvalue weighted by Gasteiger charge is 2.24. The molecule has 0 radical (unpaired) electrons. The number of ether oxygens (including phenoxy) is 1. The highest BCUT2D eigenvalue weighted by Crippen LogP contribution is 2.20. The summed E-state index contributed by atoms with van der Waals surface area (Å²) in [5.74, 6) is 0.613. The number of hydrogen-bond donors (Lipinski definition) is 3. The van der Waals surface area contributed by atoms with Crippen LogP contribution < -0.4 is 15.8 Å². The maximum absolute atomic E-state index is 11.4. The highest BCUT2D eigenvalue weighted by atomic mass is 32.2. The molecule has 0 aliphatic carbocycles. The fourth-order valence-corrected chi connectivity index (χ4v) is 2.76. The predicted octanol–water partition coefficient (Wildman–Crippen LogP) is 1.06. The van der Waals surface area contributed by atoms with Crippen LogP contribution in [0.1, 0.15) is 26.3 Å². The van der Waals surface area contributed by atoms with E-state index in [0.29, 0.717) is 19.0 Å². The van der Waals surface area contributed by atoms with E-state index in [9.17, 15) is 8.42 Å². The molecule has 0 saturated carbocycles. The van der Waals surface area contributed by atoms with Crippen molar-refractivity contribution in [3.8, 4) is 0 Å². The highest BCUT2D eigenvalue weighted by molar-refractivity contribution is 7.89. The summed E-state index contributed by atoms with van der Waals surface area (Å²) in [5.41, 5.74) is 0.799. The van der Waals surface area contributed by atoms with E-state index in [4.69, 9.17) is 9.88 Å². The van der Waals surface area contributed by atoms with Gasteiger partial charge in [0, 0.05) is 27.2 Å². The zero-order valence-corrected chi connectivity index (χ0v) is 15.8. The number of guanidine groups is 1. The van der Waals surface area contributed by atoms with Crippen LogP contribution in [0.5, 0.6) is 0 Å². The van der Waals surface area contributed by atoms with E-state index in [1.54, 1.807) is 26.3 Å². The van der Waals surface area contributed by atoms with E-state index in [2.05, 4.69) is 36.4 Å². The van der Waals surface area contributed by atoms with Gasteiger partial charge >= 0.3 is 0 Å². The lowest BCUT2D eigenvalue weighted by molar-refractivity contribution is 0.0205. The topological polar surface area (TPSA) is 106 Å². The molecule has 0 aliphatic heterocycles. The third-order valence-corrected chi connectivity index (χ3v) is 4.53. The summed E-state index contributed by atoms with van der Waals surface area (Å²) in [6, 6.07) is 6.50. The van der Waals surface area contributed by atoms with Crippen LogP contribution in [0.25, 0.3) is 0 Å². The molecule has 1 atom stereocenters. The first-order chi connectivity index (χ1) is 11.1. The van der Waals surface area contributed by atoms with Gasteiger partial charge in [0.15, 0.2) is 5.96 Å². The average molecular weight is 356 g/mol. The predicted molar refractivity (Wildman–Crippen MR) is 96.3 cm³/mol. The number of methoxy groups -OCH3 is 1. The molecule has 1 aromatic rings. The van der Waals surface area contributed by atoms with Gasteiger partial charge in [-0.2, -0.15) is 0 Å². The van der Waals surface area contributed by atoms with Crippen molar-refractivity contribution >= 4 is 16.0 Å². The normalized spacial score (nSPS) is 14.3. The van der Waals surface area contributed by atoms with Gasteiger partial charge in [0.25, 0.3) is 0 Å². The molecule has 0 amide bonds. The Morgan fingerprint density at radius 1 is 1.33 bits per heavy atom. The van der Waals surface area contributed by atoms with Gasteiger partial charge in [0.05, 0.1) is 11.0 Å². The number of aliphatic imine (C=N–C) groups is 1. The minimum absolute atomic E-state index is 0.00438. The number of benzene rings is 1. The largest absolute Gasteiger partial charge is 0.379 e. The van der Waals surface area contributed by atoms with Gasteiger partial charge in [-0.3, -0.25) is 4.99 Å². The molecule has 7 nitrogen and oxygen atoms in total. The zero-order chi connectivity index (χ0) is 18.4. The Bertz CT molecular complexity index is 666. The molecule has 1 rings (SSSR count). The standard InChI is InChI=1S/C16H28N4O3S/c1-16(2,3)14(23-5)11-20-15(18-4)19-10-12-7-6-8-13(9-12)24(17,21)22/h6-9,14H,10-11H2,1-5H3,(H2,17,21,22)(H2,18,19,20). The summed E-state index contributed by atoms with van der Waals surface area (Å²) in [7, 11) is -0.338. The Balaban J connectivity index is 2.65. The monoisotopic (exact) mass is 356 g/mol. The van der Waals surface area contributed by atoms with Gasteiger partial charge in [0.1, 0.15) is 0 Å². The molecule has 4 N–H and O–H groups in total. The van der Waals surface area contributed by atoms with Gasteiger partial charge in [-0.1, -0.05) is 32.9 Å². The van der Waals surface area contributed by atoms with Gasteiger partial charge in [0.2, 0.25) is 10.0 Å². The van der Waals surface area contributed by atoms with Crippen LogP contribution in [0.2, 0.25) is 0 Å². The Morgan fingerprint density at radius 3 is 2.50 bits per heavy atom. The van der Waals surface area contributed by atoms with Crippen molar-refractivity contribution in [1.29, 1.82) is 0 Å². The molecule has 0 fully saturated rings. The minimum atomic E-state index is -3.70. The lowest BCUT2D eigenvalue weighted by atomic mass is 9.89. The van der Waals surface area contributed by atoms with Crippen molar-refractivity contribution in [2.24, 2.45) is 15.5 Å². The third kappa shape index (κ3) is 6.46. The number of nitrogens with two attached hydrogens (primary N) is 1. The van der Waals surface area contributed by atoms with Crippen LogP contribution in [0.3, 0.4) is 0 Å². The van der Waals surface area contributed by atoms with Crippen molar-refractivity contribution in [1.82, 2.24) is 10.6 Å². The fourth-order valence-electron chi connectivity index (χ4n) is 2.17. The zero-order valence-electron chi connectivity index (χ0n) is 15.0. The summed E-state index contributed by atoms with van der Waals surface area (Å²) >= 11 is 0. The number of nitrogens with one attached hydrogen (secondary N) is 2. The quantitative estimate of drug-likeness (QED) is 0.522. The maximum Gasteiger partial charge on any atom is 0.238 e. The van der Waals surface area contributed by atoms with Crippen LogP contribution in [-0.2, 0) is 21.3 Å². The lowest BCUT2D eigenvalue weighted by Crippen LogP contribution is -2.45. The molecule has 1 aromatic carbocycles. The molecule has 1 unspecified atom stereocenters. The second kappa shape index (κ2) is 8.46. The van der Waals surface area contributed by atoms with Crippen LogP contribution >= 0.6 is 0 Å². The van der Waals surface area contributed by atoms with E-state index >= 15 is 0 Å². The van der Waals surface area contributed by atoms with Gasteiger partial charge in [-0.25, -0.2) is 13.6 Å². The maximum atomic E-state index is 11.4. The Hall–Kier alpha value is -1.64. The molecular formula is C16H28N4O3S. The molecular weight excluding hydrogens is 328 g/mol. The molecule has 8 heteroatoms. The van der Waals surface area contributed by atoms with Crippen molar-refractivity contribution < 1.29 is 13.2 Å². The average Bonchev–Trinajstić information content (AvgIpc) is 2.49. The van der Waals surface area contributed by atoms with E-state index in [1.165, 1.54) is 6.07 Å². The number of nitrogens with zero attached hydrogens (tertiary/aromatic N) is 1. The van der Waals surface area contributed by atoms with Gasteiger partial charge in [-0.15, -0.1) is 0 Å². The molecule has 0 spiro atoms. The summed E-state index contributed by atoms with van der Waals surface area (Å²) in [5, 5.41) is 11.5. The molecule has 0 saturated heterocycles. The Kier molecular flexibility index (Phi) is 7.19. The third-order valence-electron chi connectivity index (χ3n) is 3.62. The minimum Gasteiger partial charge on any atom is -0.379 e. The Labute approximate surface area is 144 Å². The molecule has 0 bridgehead atoms. The number of sulfonamides is 1. The molecule has 0 heterocycles. The summed E-state index contributed by atoms with van der Waals surface area (Å²) in [6.45, 7) is 7.36. The Morgan fingerprint density at radius 2 is 2.00 bits per heavy atom.